The van der Waals surface area contributed by atoms with E-state index in [0.29, 0.717) is 24.1 Å². The number of benzene rings is 1. The fourth-order valence-electron chi connectivity index (χ4n) is 3.71. The third-order valence-corrected chi connectivity index (χ3v) is 6.29. The van der Waals surface area contributed by atoms with Crippen molar-refractivity contribution in [1.82, 2.24) is 20.1 Å². The predicted molar refractivity (Wildman–Crippen MR) is 115 cm³/mol. The highest BCUT2D eigenvalue weighted by Gasteiger charge is 2.39. The van der Waals surface area contributed by atoms with E-state index in [1.54, 1.807) is 22.6 Å². The van der Waals surface area contributed by atoms with Crippen LogP contribution in [0, 0.1) is 6.92 Å². The molecule has 13 heteroatoms. The predicted octanol–water partition coefficient (Wildman–Crippen LogP) is 6.49. The van der Waals surface area contributed by atoms with Crippen LogP contribution in [0.1, 0.15) is 33.8 Å². The number of halogens is 6. The number of H-pyrrole nitrogens is 1. The van der Waals surface area contributed by atoms with Crippen LogP contribution in [0.25, 0.3) is 22.6 Å². The second kappa shape index (κ2) is 8.26. The van der Waals surface area contributed by atoms with E-state index in [4.69, 9.17) is 4.52 Å². The Kier molecular flexibility index (Phi) is 5.46. The topological polar surface area (TPSA) is 70.3 Å². The van der Waals surface area contributed by atoms with E-state index in [-0.39, 0.29) is 24.1 Å². The first kappa shape index (κ1) is 23.1. The number of imidazole rings is 1. The molecule has 182 valence electrons. The molecule has 0 saturated heterocycles. The summed E-state index contributed by atoms with van der Waals surface area (Å²) >= 11 is 1.56. The number of aryl methyl sites for hydroxylation is 1. The molecule has 0 radical (unpaired) electrons. The van der Waals surface area contributed by atoms with Crippen LogP contribution < -0.4 is 0 Å². The first-order valence-corrected chi connectivity index (χ1v) is 11.1. The Morgan fingerprint density at radius 3 is 2.54 bits per heavy atom. The van der Waals surface area contributed by atoms with Gasteiger partial charge in [0.1, 0.15) is 17.2 Å². The number of aromatic amines is 1. The average molecular weight is 511 g/mol. The molecule has 0 amide bonds. The molecule has 0 fully saturated rings. The molecule has 1 N–H and O–H groups in total. The van der Waals surface area contributed by atoms with Crippen molar-refractivity contribution >= 4 is 17.6 Å². The summed E-state index contributed by atoms with van der Waals surface area (Å²) in [4.78, 5) is 7.81. The van der Waals surface area contributed by atoms with Gasteiger partial charge in [0.2, 0.25) is 0 Å². The van der Waals surface area contributed by atoms with E-state index < -0.39 is 29.0 Å². The van der Waals surface area contributed by atoms with Crippen LogP contribution >= 0.6 is 11.3 Å². The highest BCUT2D eigenvalue weighted by molar-refractivity contribution is 7.08. The number of alkyl halides is 6. The number of nitrogens with one attached hydrogen (secondary N) is 1. The monoisotopic (exact) mass is 511 g/mol. The van der Waals surface area contributed by atoms with Gasteiger partial charge in [-0.2, -0.15) is 42.8 Å². The molecule has 6 nitrogen and oxygen atoms in total. The van der Waals surface area contributed by atoms with Crippen molar-refractivity contribution in [1.29, 1.82) is 0 Å². The molecule has 35 heavy (non-hydrogen) atoms. The van der Waals surface area contributed by atoms with Gasteiger partial charge in [0.15, 0.2) is 5.76 Å². The molecule has 0 aliphatic carbocycles. The van der Waals surface area contributed by atoms with Crippen molar-refractivity contribution in [3.63, 3.8) is 0 Å². The van der Waals surface area contributed by atoms with Gasteiger partial charge in [0, 0.05) is 22.6 Å². The molecule has 1 aliphatic heterocycles. The normalized spacial score (nSPS) is 14.0. The van der Waals surface area contributed by atoms with Crippen molar-refractivity contribution < 1.29 is 30.9 Å². The first-order valence-electron chi connectivity index (χ1n) is 10.1. The minimum atomic E-state index is -5.01. The Morgan fingerprint density at radius 2 is 1.86 bits per heavy atom. The van der Waals surface area contributed by atoms with E-state index in [2.05, 4.69) is 20.2 Å². The zero-order chi connectivity index (χ0) is 25.0. The van der Waals surface area contributed by atoms with Crippen LogP contribution in [0.4, 0.5) is 26.3 Å². The second-order valence-corrected chi connectivity index (χ2v) is 8.66. The Labute approximate surface area is 197 Å². The summed E-state index contributed by atoms with van der Waals surface area (Å²) in [5, 5.41) is 13.6. The molecule has 0 saturated carbocycles. The van der Waals surface area contributed by atoms with Gasteiger partial charge < -0.3 is 9.51 Å². The zero-order valence-electron chi connectivity index (χ0n) is 17.8. The molecule has 1 aliphatic rings. The van der Waals surface area contributed by atoms with Crippen molar-refractivity contribution in [2.24, 2.45) is 5.10 Å². The Morgan fingerprint density at radius 1 is 1.06 bits per heavy atom. The summed E-state index contributed by atoms with van der Waals surface area (Å²) in [5.74, 6) is 0.910. The molecule has 4 aromatic rings. The van der Waals surface area contributed by atoms with Gasteiger partial charge in [-0.05, 0) is 30.0 Å². The average Bonchev–Trinajstić information content (AvgIpc) is 3.51. The van der Waals surface area contributed by atoms with Crippen molar-refractivity contribution in [3.8, 4) is 22.6 Å². The van der Waals surface area contributed by atoms with Gasteiger partial charge in [0.25, 0.3) is 0 Å². The van der Waals surface area contributed by atoms with Crippen LogP contribution in [0.5, 0.6) is 0 Å². The van der Waals surface area contributed by atoms with Gasteiger partial charge in [0.05, 0.1) is 36.1 Å². The lowest BCUT2D eigenvalue weighted by atomic mass is 10.0. The maximum atomic E-state index is 13.5. The Balaban J connectivity index is 1.36. The van der Waals surface area contributed by atoms with Crippen molar-refractivity contribution in [2.75, 3.05) is 0 Å². The quantitative estimate of drug-likeness (QED) is 0.318. The maximum absolute atomic E-state index is 13.5. The van der Waals surface area contributed by atoms with Crippen molar-refractivity contribution in [3.05, 3.63) is 68.9 Å². The maximum Gasteiger partial charge on any atom is 0.417 e. The SMILES string of the molecule is Cc1cscc1-c1nc2c([nH]1)CN(Cc1cc(-c3ccc(C(F)(F)F)cc3C(F)(F)F)no1)N=C2. The molecule has 5 rings (SSSR count). The number of hydrogen-bond donors (Lipinski definition) is 1. The number of rotatable bonds is 4. The number of aromatic nitrogens is 3. The van der Waals surface area contributed by atoms with E-state index >= 15 is 0 Å². The van der Waals surface area contributed by atoms with Crippen LogP contribution in [-0.4, -0.2) is 26.3 Å². The fraction of sp³-hybridized carbons (Fsp3) is 0.227. The molecular formula is C22H15F6N5OS. The van der Waals surface area contributed by atoms with Gasteiger partial charge in [-0.3, -0.25) is 5.01 Å². The summed E-state index contributed by atoms with van der Waals surface area (Å²) < 4.78 is 84.4. The summed E-state index contributed by atoms with van der Waals surface area (Å²) in [6.07, 6.45) is -8.36. The second-order valence-electron chi connectivity index (χ2n) is 7.92. The zero-order valence-corrected chi connectivity index (χ0v) is 18.6. The van der Waals surface area contributed by atoms with Crippen molar-refractivity contribution in [2.45, 2.75) is 32.4 Å². The lowest BCUT2D eigenvalue weighted by Gasteiger charge is -2.19. The summed E-state index contributed by atoms with van der Waals surface area (Å²) in [7, 11) is 0. The number of nitrogens with zero attached hydrogens (tertiary/aromatic N) is 4. The third kappa shape index (κ3) is 4.55. The molecule has 1 aromatic carbocycles. The lowest BCUT2D eigenvalue weighted by Crippen LogP contribution is -2.21. The van der Waals surface area contributed by atoms with E-state index in [1.165, 1.54) is 6.07 Å². The molecule has 0 bridgehead atoms. The summed E-state index contributed by atoms with van der Waals surface area (Å²) in [6.45, 7) is 2.40. The van der Waals surface area contributed by atoms with Gasteiger partial charge in [-0.1, -0.05) is 11.2 Å². The molecule has 4 heterocycles. The minimum Gasteiger partial charge on any atom is -0.359 e. The number of thiophene rings is 1. The third-order valence-electron chi connectivity index (χ3n) is 5.43. The molecule has 0 atom stereocenters. The molecule has 0 unspecified atom stereocenters. The van der Waals surface area contributed by atoms with Crippen LogP contribution in [0.3, 0.4) is 0 Å². The number of hydrazone groups is 1. The molecule has 3 aromatic heterocycles. The largest absolute Gasteiger partial charge is 0.417 e. The van der Waals surface area contributed by atoms with E-state index in [1.807, 2.05) is 17.7 Å². The molecule has 0 spiro atoms. The summed E-state index contributed by atoms with van der Waals surface area (Å²) in [6, 6.07) is 2.67. The smallest absolute Gasteiger partial charge is 0.359 e. The Hall–Kier alpha value is -3.61. The number of hydrogen-bond acceptors (Lipinski definition) is 6. The minimum absolute atomic E-state index is 0.0746. The highest BCUT2D eigenvalue weighted by Crippen LogP contribution is 2.40. The van der Waals surface area contributed by atoms with Crippen LogP contribution in [0.2, 0.25) is 0 Å². The van der Waals surface area contributed by atoms with Gasteiger partial charge in [-0.25, -0.2) is 4.98 Å². The lowest BCUT2D eigenvalue weighted by molar-refractivity contribution is -0.142. The standard InChI is InChI=1S/C22H15F6N5OS/c1-11-9-35-10-15(11)20-30-18-6-29-33(8-19(18)31-20)7-13-5-17(32-34-13)14-3-2-12(21(23,24)25)4-16(14)22(26,27)28/h2-6,9-10H,7-8H2,1H3,(H,30,31). The highest BCUT2D eigenvalue weighted by atomic mass is 32.1. The fourth-order valence-corrected chi connectivity index (χ4v) is 4.54. The number of fused-ring (bicyclic) bond motifs is 1. The van der Waals surface area contributed by atoms with E-state index in [9.17, 15) is 26.3 Å². The van der Waals surface area contributed by atoms with E-state index in [0.717, 1.165) is 22.9 Å². The van der Waals surface area contributed by atoms with Gasteiger partial charge >= 0.3 is 12.4 Å². The van der Waals surface area contributed by atoms with Gasteiger partial charge in [-0.15, -0.1) is 0 Å². The molecular weight excluding hydrogens is 496 g/mol. The Bertz CT molecular complexity index is 1410. The van der Waals surface area contributed by atoms with Crippen LogP contribution in [-0.2, 0) is 25.4 Å². The van der Waals surface area contributed by atoms with Crippen LogP contribution in [0.15, 0.2) is 44.7 Å². The first-order chi connectivity index (χ1) is 16.5. The summed E-state index contributed by atoms with van der Waals surface area (Å²) in [5.41, 5.74) is -0.00321.